The van der Waals surface area contributed by atoms with Crippen molar-refractivity contribution in [3.63, 3.8) is 0 Å². The molecule has 45 heavy (non-hydrogen) atoms. The van der Waals surface area contributed by atoms with Crippen molar-refractivity contribution in [3.8, 4) is 0 Å². The van der Waals surface area contributed by atoms with Crippen molar-refractivity contribution in [1.82, 2.24) is 0 Å². The smallest absolute Gasteiger partial charge is 0.167 e. The molecule has 0 radical (unpaired) electrons. The first kappa shape index (κ1) is 44.7. The molecule has 0 bridgehead atoms. The number of benzene rings is 3. The number of halogens is 12. The van der Waals surface area contributed by atoms with Crippen LogP contribution >= 0.6 is 0 Å². The summed E-state index contributed by atoms with van der Waals surface area (Å²) in [6.07, 6.45) is 2.04. The van der Waals surface area contributed by atoms with E-state index in [9.17, 15) is 52.7 Å². The Labute approximate surface area is 269 Å². The van der Waals surface area contributed by atoms with Gasteiger partial charge in [0.25, 0.3) is 0 Å². The van der Waals surface area contributed by atoms with Crippen molar-refractivity contribution >= 4 is 0 Å². The zero-order valence-corrected chi connectivity index (χ0v) is 26.5. The number of rotatable bonds is 5. The van der Waals surface area contributed by atoms with E-state index >= 15 is 0 Å². The van der Waals surface area contributed by atoms with Gasteiger partial charge in [-0.15, -0.1) is 0 Å². The molecule has 4 N–H and O–H groups in total. The number of hydrogen-bond acceptors (Lipinski definition) is 4. The standard InChI is InChI=1S/3C8H6F4O.C4H10O.Zr/c3*1-3-5(9)7(11)4(2-13)8(12)6(3)10;1-2-3-4-5;/h3*13H,2H2,1H3;5H,2-4H2,1H3;. The fourth-order valence-electron chi connectivity index (χ4n) is 2.94. The molecule has 0 aliphatic heterocycles. The monoisotopic (exact) mass is 746 g/mol. The Morgan fingerprint density at radius 1 is 0.378 bits per heavy atom. The maximum Gasteiger partial charge on any atom is 0.167 e. The van der Waals surface area contributed by atoms with Gasteiger partial charge >= 0.3 is 0 Å². The minimum Gasteiger partial charge on any atom is -0.396 e. The number of hydrogen-bond donors (Lipinski definition) is 4. The van der Waals surface area contributed by atoms with E-state index in [1.54, 1.807) is 0 Å². The van der Waals surface area contributed by atoms with Crippen LogP contribution in [-0.4, -0.2) is 27.0 Å². The van der Waals surface area contributed by atoms with Crippen LogP contribution in [0.2, 0.25) is 0 Å². The molecule has 0 aliphatic rings. The van der Waals surface area contributed by atoms with E-state index < -0.39 is 123 Å². The van der Waals surface area contributed by atoms with Gasteiger partial charge in [-0.1, -0.05) is 13.3 Å². The average molecular weight is 748 g/mol. The maximum absolute atomic E-state index is 12.8. The minimum absolute atomic E-state index is 0. The van der Waals surface area contributed by atoms with Gasteiger partial charge < -0.3 is 20.4 Å². The first-order valence-corrected chi connectivity index (χ1v) is 12.3. The molecule has 252 valence electrons. The zero-order chi connectivity index (χ0) is 34.6. The van der Waals surface area contributed by atoms with E-state index in [1.807, 2.05) is 0 Å². The number of aliphatic hydroxyl groups excluding tert-OH is 4. The zero-order valence-electron chi connectivity index (χ0n) is 24.1. The fourth-order valence-corrected chi connectivity index (χ4v) is 2.94. The predicted octanol–water partition coefficient (Wildman–Crippen LogP) is 6.91. The number of unbranched alkanes of at least 4 members (excludes halogenated alkanes) is 1. The first-order valence-electron chi connectivity index (χ1n) is 12.3. The largest absolute Gasteiger partial charge is 0.396 e. The van der Waals surface area contributed by atoms with E-state index in [1.165, 1.54) is 0 Å². The Morgan fingerprint density at radius 3 is 0.644 bits per heavy atom. The van der Waals surface area contributed by atoms with Gasteiger partial charge in [-0.2, -0.15) is 0 Å². The topological polar surface area (TPSA) is 80.9 Å². The molecule has 4 nitrogen and oxygen atoms in total. The molecule has 0 atom stereocenters. The Hall–Kier alpha value is -2.46. The summed E-state index contributed by atoms with van der Waals surface area (Å²) < 4.78 is 153. The average Bonchev–Trinajstić information content (AvgIpc) is 3.01. The summed E-state index contributed by atoms with van der Waals surface area (Å²) in [5, 5.41) is 33.3. The van der Waals surface area contributed by atoms with Crippen LogP contribution in [0, 0.1) is 90.6 Å². The Bertz CT molecular complexity index is 1180. The van der Waals surface area contributed by atoms with Crippen LogP contribution in [0.25, 0.3) is 0 Å². The molecule has 3 aromatic carbocycles. The van der Waals surface area contributed by atoms with Crippen LogP contribution in [0.4, 0.5) is 52.7 Å². The molecule has 0 saturated carbocycles. The number of aliphatic hydroxyl groups is 4. The van der Waals surface area contributed by atoms with Gasteiger partial charge in [0, 0.05) is 49.5 Å². The second kappa shape index (κ2) is 20.6. The molecule has 3 aromatic rings. The van der Waals surface area contributed by atoms with Crippen LogP contribution in [0.15, 0.2) is 0 Å². The predicted molar refractivity (Wildman–Crippen MR) is 133 cm³/mol. The summed E-state index contributed by atoms with van der Waals surface area (Å²) in [6.45, 7) is 1.91. The molecule has 0 heterocycles. The van der Waals surface area contributed by atoms with Gasteiger partial charge in [-0.25, -0.2) is 52.7 Å². The van der Waals surface area contributed by atoms with Crippen LogP contribution in [-0.2, 0) is 46.0 Å². The summed E-state index contributed by atoms with van der Waals surface area (Å²) in [5.41, 5.74) is -5.14. The molecule has 0 saturated heterocycles. The van der Waals surface area contributed by atoms with E-state index in [-0.39, 0.29) is 26.2 Å². The van der Waals surface area contributed by atoms with Gasteiger partial charge in [-0.05, 0) is 27.2 Å². The third kappa shape index (κ3) is 10.8. The molecule has 0 amide bonds. The first-order chi connectivity index (χ1) is 20.4. The Kier molecular flexibility index (Phi) is 20.5. The second-order valence-electron chi connectivity index (χ2n) is 8.63. The van der Waals surface area contributed by atoms with Crippen LogP contribution < -0.4 is 0 Å². The van der Waals surface area contributed by atoms with Crippen molar-refractivity contribution in [3.05, 3.63) is 103 Å². The summed E-state index contributed by atoms with van der Waals surface area (Å²) in [5.74, 6) is -18.1. The second-order valence-corrected chi connectivity index (χ2v) is 8.63. The summed E-state index contributed by atoms with van der Waals surface area (Å²) >= 11 is 0. The molecule has 0 unspecified atom stereocenters. The Morgan fingerprint density at radius 2 is 0.556 bits per heavy atom. The van der Waals surface area contributed by atoms with E-state index in [4.69, 9.17) is 20.4 Å². The van der Waals surface area contributed by atoms with Gasteiger partial charge in [0.05, 0.1) is 36.5 Å². The normalized spacial score (nSPS) is 10.1. The van der Waals surface area contributed by atoms with Crippen molar-refractivity contribution in [2.45, 2.75) is 60.4 Å². The van der Waals surface area contributed by atoms with Gasteiger partial charge in [0.15, 0.2) is 69.8 Å². The van der Waals surface area contributed by atoms with E-state index in [0.29, 0.717) is 6.61 Å². The van der Waals surface area contributed by atoms with Crippen LogP contribution in [0.5, 0.6) is 0 Å². The minimum atomic E-state index is -1.54. The van der Waals surface area contributed by atoms with Crippen molar-refractivity contribution in [2.24, 2.45) is 0 Å². The van der Waals surface area contributed by atoms with Crippen molar-refractivity contribution in [2.75, 3.05) is 6.61 Å². The summed E-state index contributed by atoms with van der Waals surface area (Å²) in [6, 6.07) is 0. The van der Waals surface area contributed by atoms with Gasteiger partial charge in [0.2, 0.25) is 0 Å². The molecule has 0 aromatic heterocycles. The van der Waals surface area contributed by atoms with Crippen LogP contribution in [0.3, 0.4) is 0 Å². The molecule has 0 spiro atoms. The summed E-state index contributed by atoms with van der Waals surface area (Å²) in [4.78, 5) is 0. The Balaban J connectivity index is 0. The molecule has 3 rings (SSSR count). The third-order valence-electron chi connectivity index (χ3n) is 5.71. The maximum atomic E-state index is 12.8. The van der Waals surface area contributed by atoms with E-state index in [0.717, 1.165) is 33.6 Å². The van der Waals surface area contributed by atoms with Crippen molar-refractivity contribution < 1.29 is 99.3 Å². The van der Waals surface area contributed by atoms with Crippen LogP contribution in [0.1, 0.15) is 53.1 Å². The molecular formula is C28H28F12O4Zr. The SMILES string of the molecule is CCCCO.Cc1c(F)c(F)c(CO)c(F)c1F.Cc1c(F)c(F)c(CO)c(F)c1F.Cc1c(F)c(F)c(CO)c(F)c1F.[Zr]. The summed E-state index contributed by atoms with van der Waals surface area (Å²) in [7, 11) is 0. The van der Waals surface area contributed by atoms with E-state index in [2.05, 4.69) is 6.92 Å². The third-order valence-corrected chi connectivity index (χ3v) is 5.71. The van der Waals surface area contributed by atoms with Gasteiger partial charge in [0.1, 0.15) is 0 Å². The molecular weight excluding hydrogens is 720 g/mol. The van der Waals surface area contributed by atoms with Gasteiger partial charge in [-0.3, -0.25) is 0 Å². The molecule has 0 fully saturated rings. The fraction of sp³-hybridized carbons (Fsp3) is 0.357. The molecule has 17 heteroatoms. The van der Waals surface area contributed by atoms with Crippen molar-refractivity contribution in [1.29, 1.82) is 0 Å². The molecule has 0 aliphatic carbocycles. The quantitative estimate of drug-likeness (QED) is 0.169.